The van der Waals surface area contributed by atoms with Crippen molar-refractivity contribution in [1.82, 2.24) is 25.2 Å². The molecule has 2 aromatic heterocycles. The molecule has 9 heteroatoms. The minimum absolute atomic E-state index is 0.00960. The molecule has 1 aliphatic carbocycles. The molecule has 3 fully saturated rings. The lowest BCUT2D eigenvalue weighted by atomic mass is 9.87. The summed E-state index contributed by atoms with van der Waals surface area (Å²) in [6.07, 6.45) is 11.7. The molecule has 3 unspecified atom stereocenters. The molecule has 9 nitrogen and oxygen atoms in total. The third-order valence-corrected chi connectivity index (χ3v) is 8.71. The van der Waals surface area contributed by atoms with Gasteiger partial charge in [0.05, 0.1) is 17.6 Å². The van der Waals surface area contributed by atoms with Gasteiger partial charge < -0.3 is 20.4 Å². The zero-order valence-electron chi connectivity index (χ0n) is 23.6. The third kappa shape index (κ3) is 5.98. The number of aromatic nitrogens is 3. The Hall–Kier alpha value is -3.33. The van der Waals surface area contributed by atoms with Crippen LogP contribution in [0.1, 0.15) is 69.5 Å². The molecule has 39 heavy (non-hydrogen) atoms. The Morgan fingerprint density at radius 1 is 1.18 bits per heavy atom. The maximum absolute atomic E-state index is 12.7. The van der Waals surface area contributed by atoms with Crippen molar-refractivity contribution in [2.24, 2.45) is 17.8 Å². The van der Waals surface area contributed by atoms with Crippen LogP contribution < -0.4 is 15.5 Å². The number of likely N-dealkylation sites (N-methyl/N-ethyl adjacent to an activating group) is 1. The molecule has 2 aromatic rings. The van der Waals surface area contributed by atoms with Crippen molar-refractivity contribution in [3.05, 3.63) is 41.4 Å². The van der Waals surface area contributed by atoms with E-state index in [2.05, 4.69) is 27.5 Å². The molecule has 3 aliphatic rings. The fraction of sp³-hybridized carbons (Fsp3) is 0.567. The molecule has 0 spiro atoms. The van der Waals surface area contributed by atoms with Crippen molar-refractivity contribution in [3.8, 4) is 0 Å². The maximum atomic E-state index is 12.7. The number of rotatable bonds is 8. The SMILES string of the molecule is CCC(=Cc1cnc(Nc2ccc(N3CC4CNCC4CC3=O)cn2)nc1C(C)C1CCCC1)C(=O)N(C)C. The fourth-order valence-corrected chi connectivity index (χ4v) is 6.31. The van der Waals surface area contributed by atoms with Crippen molar-refractivity contribution in [3.63, 3.8) is 0 Å². The van der Waals surface area contributed by atoms with Gasteiger partial charge >= 0.3 is 0 Å². The molecule has 2 amide bonds. The fourth-order valence-electron chi connectivity index (χ4n) is 6.31. The van der Waals surface area contributed by atoms with E-state index in [9.17, 15) is 9.59 Å². The highest BCUT2D eigenvalue weighted by Crippen LogP contribution is 2.38. The Kier molecular flexibility index (Phi) is 8.26. The summed E-state index contributed by atoms with van der Waals surface area (Å²) in [4.78, 5) is 43.1. The lowest BCUT2D eigenvalue weighted by Crippen LogP contribution is -2.44. The van der Waals surface area contributed by atoms with Crippen LogP contribution in [0.3, 0.4) is 0 Å². The molecule has 3 atom stereocenters. The summed E-state index contributed by atoms with van der Waals surface area (Å²) >= 11 is 0. The van der Waals surface area contributed by atoms with Crippen molar-refractivity contribution in [1.29, 1.82) is 0 Å². The summed E-state index contributed by atoms with van der Waals surface area (Å²) in [5.41, 5.74) is 3.43. The average molecular weight is 532 g/mol. The number of pyridine rings is 1. The van der Waals surface area contributed by atoms with Crippen LogP contribution in [0.15, 0.2) is 30.1 Å². The topological polar surface area (TPSA) is 103 Å². The Bertz CT molecular complexity index is 1220. The number of carbonyl (C=O) groups excluding carboxylic acids is 2. The molecular weight excluding hydrogens is 490 g/mol. The predicted molar refractivity (Wildman–Crippen MR) is 154 cm³/mol. The van der Waals surface area contributed by atoms with Gasteiger partial charge in [-0.05, 0) is 68.3 Å². The monoisotopic (exact) mass is 531 g/mol. The van der Waals surface area contributed by atoms with E-state index in [-0.39, 0.29) is 17.7 Å². The second kappa shape index (κ2) is 11.8. The second-order valence-electron chi connectivity index (χ2n) is 11.5. The molecule has 0 bridgehead atoms. The van der Waals surface area contributed by atoms with E-state index >= 15 is 0 Å². The molecule has 4 heterocycles. The van der Waals surface area contributed by atoms with Gasteiger partial charge in [-0.25, -0.2) is 15.0 Å². The Morgan fingerprint density at radius 2 is 1.95 bits per heavy atom. The number of nitrogens with one attached hydrogen (secondary N) is 2. The van der Waals surface area contributed by atoms with Gasteiger partial charge in [-0.3, -0.25) is 9.59 Å². The first-order valence-corrected chi connectivity index (χ1v) is 14.4. The number of carbonyl (C=O) groups is 2. The molecule has 2 saturated heterocycles. The zero-order chi connectivity index (χ0) is 27.5. The van der Waals surface area contributed by atoms with E-state index in [4.69, 9.17) is 4.98 Å². The molecule has 1 saturated carbocycles. The summed E-state index contributed by atoms with van der Waals surface area (Å²) in [5.74, 6) is 3.07. The number of hydrogen-bond donors (Lipinski definition) is 2. The summed E-state index contributed by atoms with van der Waals surface area (Å²) in [6.45, 7) is 6.88. The summed E-state index contributed by atoms with van der Waals surface area (Å²) in [6, 6.07) is 3.82. The summed E-state index contributed by atoms with van der Waals surface area (Å²) in [7, 11) is 3.55. The minimum atomic E-state index is 0.00960. The Balaban J connectivity index is 1.37. The first-order valence-electron chi connectivity index (χ1n) is 14.4. The number of anilines is 3. The van der Waals surface area contributed by atoms with Gasteiger partial charge in [0.15, 0.2) is 0 Å². The maximum Gasteiger partial charge on any atom is 0.249 e. The van der Waals surface area contributed by atoms with Crippen LogP contribution in [0, 0.1) is 17.8 Å². The lowest BCUT2D eigenvalue weighted by molar-refractivity contribution is -0.124. The first-order chi connectivity index (χ1) is 18.8. The van der Waals surface area contributed by atoms with Gasteiger partial charge in [-0.2, -0.15) is 0 Å². The van der Waals surface area contributed by atoms with E-state index in [0.717, 1.165) is 42.2 Å². The van der Waals surface area contributed by atoms with Gasteiger partial charge in [0, 0.05) is 50.3 Å². The second-order valence-corrected chi connectivity index (χ2v) is 11.5. The van der Waals surface area contributed by atoms with Crippen LogP contribution in [-0.2, 0) is 9.59 Å². The highest BCUT2D eigenvalue weighted by Gasteiger charge is 2.37. The summed E-state index contributed by atoms with van der Waals surface area (Å²) in [5, 5.41) is 6.67. The molecule has 0 aromatic carbocycles. The molecule has 5 rings (SSSR count). The standard InChI is InChI=1S/C30H41N7O2/c1-5-20(29(39)36(3)4)12-23-16-33-30(35-28(23)19(2)21-8-6-7-9-21)34-26-11-10-25(17-32-26)37-18-24-15-31-14-22(24)13-27(37)38/h10-12,16-17,19,21-22,24,31H,5-9,13-15,18H2,1-4H3,(H,32,33,34,35). The van der Waals surface area contributed by atoms with Crippen LogP contribution in [0.5, 0.6) is 0 Å². The van der Waals surface area contributed by atoms with E-state index in [1.807, 2.05) is 36.2 Å². The molecule has 2 aliphatic heterocycles. The van der Waals surface area contributed by atoms with Crippen LogP contribution in [-0.4, -0.2) is 65.4 Å². The number of amides is 2. The zero-order valence-corrected chi connectivity index (χ0v) is 23.6. The largest absolute Gasteiger partial charge is 0.345 e. The Morgan fingerprint density at radius 3 is 2.64 bits per heavy atom. The summed E-state index contributed by atoms with van der Waals surface area (Å²) < 4.78 is 0. The van der Waals surface area contributed by atoms with Crippen molar-refractivity contribution < 1.29 is 9.59 Å². The van der Waals surface area contributed by atoms with Gasteiger partial charge in [0.1, 0.15) is 5.82 Å². The van der Waals surface area contributed by atoms with Gasteiger partial charge in [-0.15, -0.1) is 0 Å². The smallest absolute Gasteiger partial charge is 0.249 e. The van der Waals surface area contributed by atoms with Gasteiger partial charge in [0.25, 0.3) is 0 Å². The molecular formula is C30H41N7O2. The van der Waals surface area contributed by atoms with E-state index in [1.165, 1.54) is 25.7 Å². The molecule has 0 radical (unpaired) electrons. The van der Waals surface area contributed by atoms with Crippen molar-refractivity contribution in [2.75, 3.05) is 43.9 Å². The third-order valence-electron chi connectivity index (χ3n) is 8.71. The molecule has 208 valence electrons. The van der Waals surface area contributed by atoms with E-state index in [0.29, 0.717) is 42.4 Å². The highest BCUT2D eigenvalue weighted by molar-refractivity contribution is 5.97. The predicted octanol–water partition coefficient (Wildman–Crippen LogP) is 4.36. The normalized spacial score (nSPS) is 22.6. The Labute approximate surface area is 231 Å². The number of nitrogens with zero attached hydrogens (tertiary/aromatic N) is 5. The van der Waals surface area contributed by atoms with Crippen LogP contribution in [0.2, 0.25) is 0 Å². The lowest BCUT2D eigenvalue weighted by Gasteiger charge is -2.34. The molecule has 2 N–H and O–H groups in total. The van der Waals surface area contributed by atoms with Crippen molar-refractivity contribution in [2.45, 2.75) is 58.3 Å². The number of fused-ring (bicyclic) bond motifs is 1. The van der Waals surface area contributed by atoms with Crippen LogP contribution >= 0.6 is 0 Å². The van der Waals surface area contributed by atoms with Crippen molar-refractivity contribution >= 4 is 35.3 Å². The first kappa shape index (κ1) is 27.2. The minimum Gasteiger partial charge on any atom is -0.345 e. The highest BCUT2D eigenvalue weighted by atomic mass is 16.2. The van der Waals surface area contributed by atoms with Crippen LogP contribution in [0.4, 0.5) is 17.5 Å². The van der Waals surface area contributed by atoms with E-state index < -0.39 is 0 Å². The van der Waals surface area contributed by atoms with Gasteiger partial charge in [0.2, 0.25) is 17.8 Å². The quantitative estimate of drug-likeness (QED) is 0.488. The van der Waals surface area contributed by atoms with Crippen LogP contribution in [0.25, 0.3) is 6.08 Å². The number of piperidine rings is 1. The average Bonchev–Trinajstić information content (AvgIpc) is 3.64. The van der Waals surface area contributed by atoms with E-state index in [1.54, 1.807) is 25.2 Å². The number of hydrogen-bond acceptors (Lipinski definition) is 7. The van der Waals surface area contributed by atoms with Gasteiger partial charge in [-0.1, -0.05) is 26.7 Å².